The number of aldehydes is 1. The summed E-state index contributed by atoms with van der Waals surface area (Å²) in [5.41, 5.74) is 2.39. The molecule has 0 aliphatic carbocycles. The first-order chi connectivity index (χ1) is 8.81. The molecule has 1 N–H and O–H groups in total. The smallest absolute Gasteiger partial charge is 0.172 e. The second-order valence-corrected chi connectivity index (χ2v) is 4.19. The second kappa shape index (κ2) is 4.11. The number of rotatable bonds is 3. The summed E-state index contributed by atoms with van der Waals surface area (Å²) >= 11 is 0. The summed E-state index contributed by atoms with van der Waals surface area (Å²) in [5, 5.41) is 2.11. The first kappa shape index (κ1) is 10.7. The number of H-pyrrole nitrogens is 1. The van der Waals surface area contributed by atoms with Crippen molar-refractivity contribution in [3.63, 3.8) is 0 Å². The SMILES string of the molecule is O=CCC(=O)c1cccc2c1[nH]c1ccccc12. The third kappa shape index (κ3) is 1.52. The number of hydrogen-bond donors (Lipinski definition) is 1. The van der Waals surface area contributed by atoms with Crippen molar-refractivity contribution in [3.8, 4) is 0 Å². The molecular weight excluding hydrogens is 226 g/mol. The average molecular weight is 237 g/mol. The standard InChI is InChI=1S/C15H11NO2/c17-9-8-14(18)12-6-3-5-11-10-4-1-2-7-13(10)16-15(11)12/h1-7,9,16H,8H2. The van der Waals surface area contributed by atoms with Crippen molar-refractivity contribution >= 4 is 33.9 Å². The first-order valence-electron chi connectivity index (χ1n) is 5.77. The van der Waals surface area contributed by atoms with E-state index in [1.165, 1.54) is 0 Å². The maximum Gasteiger partial charge on any atom is 0.172 e. The number of para-hydroxylation sites is 2. The molecule has 88 valence electrons. The summed E-state index contributed by atoms with van der Waals surface area (Å²) in [6.45, 7) is 0. The zero-order valence-electron chi connectivity index (χ0n) is 9.64. The lowest BCUT2D eigenvalue weighted by Gasteiger charge is -1.99. The van der Waals surface area contributed by atoms with Gasteiger partial charge in [0.1, 0.15) is 6.29 Å². The third-order valence-corrected chi connectivity index (χ3v) is 3.11. The lowest BCUT2D eigenvalue weighted by Crippen LogP contribution is -2.00. The Hall–Kier alpha value is -2.42. The average Bonchev–Trinajstić information content (AvgIpc) is 2.77. The van der Waals surface area contributed by atoms with Crippen LogP contribution in [0.5, 0.6) is 0 Å². The van der Waals surface area contributed by atoms with Gasteiger partial charge in [0.05, 0.1) is 11.9 Å². The Bertz CT molecular complexity index is 755. The summed E-state index contributed by atoms with van der Waals surface area (Å²) < 4.78 is 0. The molecule has 3 nitrogen and oxygen atoms in total. The van der Waals surface area contributed by atoms with Crippen LogP contribution in [0.1, 0.15) is 16.8 Å². The predicted octanol–water partition coefficient (Wildman–Crippen LogP) is 3.09. The third-order valence-electron chi connectivity index (χ3n) is 3.11. The number of hydrogen-bond acceptors (Lipinski definition) is 2. The highest BCUT2D eigenvalue weighted by atomic mass is 16.1. The molecule has 3 heteroatoms. The summed E-state index contributed by atoms with van der Waals surface area (Å²) in [6, 6.07) is 13.5. The van der Waals surface area contributed by atoms with Gasteiger partial charge >= 0.3 is 0 Å². The van der Waals surface area contributed by atoms with E-state index in [4.69, 9.17) is 0 Å². The number of aromatic amines is 1. The summed E-state index contributed by atoms with van der Waals surface area (Å²) in [7, 11) is 0. The number of benzene rings is 2. The zero-order chi connectivity index (χ0) is 12.5. The Balaban J connectivity index is 2.34. The van der Waals surface area contributed by atoms with Crippen LogP contribution < -0.4 is 0 Å². The Morgan fingerprint density at radius 2 is 1.83 bits per heavy atom. The topological polar surface area (TPSA) is 49.9 Å². The largest absolute Gasteiger partial charge is 0.354 e. The number of fused-ring (bicyclic) bond motifs is 3. The molecule has 3 rings (SSSR count). The second-order valence-electron chi connectivity index (χ2n) is 4.19. The Morgan fingerprint density at radius 1 is 1.06 bits per heavy atom. The van der Waals surface area contributed by atoms with Gasteiger partial charge in [-0.15, -0.1) is 0 Å². The molecule has 0 spiro atoms. The van der Waals surface area contributed by atoms with Crippen molar-refractivity contribution in [2.75, 3.05) is 0 Å². The van der Waals surface area contributed by atoms with Crippen LogP contribution in [0.4, 0.5) is 0 Å². The molecule has 0 aliphatic heterocycles. The predicted molar refractivity (Wildman–Crippen MR) is 70.8 cm³/mol. The van der Waals surface area contributed by atoms with Crippen molar-refractivity contribution in [3.05, 3.63) is 48.0 Å². The van der Waals surface area contributed by atoms with Crippen LogP contribution in [0.25, 0.3) is 21.8 Å². The Kier molecular flexibility index (Phi) is 2.45. The molecule has 1 aromatic heterocycles. The van der Waals surface area contributed by atoms with E-state index < -0.39 is 0 Å². The molecule has 0 saturated carbocycles. The van der Waals surface area contributed by atoms with Gasteiger partial charge in [0, 0.05) is 21.9 Å². The number of ketones is 1. The molecule has 0 aliphatic rings. The van der Waals surface area contributed by atoms with E-state index in [1.54, 1.807) is 6.07 Å². The minimum atomic E-state index is -0.151. The van der Waals surface area contributed by atoms with Crippen LogP contribution in [0.3, 0.4) is 0 Å². The van der Waals surface area contributed by atoms with E-state index in [2.05, 4.69) is 4.98 Å². The molecule has 1 heterocycles. The quantitative estimate of drug-likeness (QED) is 0.432. The maximum atomic E-state index is 11.9. The highest BCUT2D eigenvalue weighted by Gasteiger charge is 2.12. The molecular formula is C15H11NO2. The van der Waals surface area contributed by atoms with Crippen LogP contribution in [-0.4, -0.2) is 17.1 Å². The van der Waals surface area contributed by atoms with Gasteiger partial charge in [0.25, 0.3) is 0 Å². The van der Waals surface area contributed by atoms with Crippen molar-refractivity contribution in [1.29, 1.82) is 0 Å². The summed E-state index contributed by atoms with van der Waals surface area (Å²) in [5.74, 6) is -0.151. The van der Waals surface area contributed by atoms with Gasteiger partial charge in [-0.2, -0.15) is 0 Å². The van der Waals surface area contributed by atoms with Crippen molar-refractivity contribution in [1.82, 2.24) is 4.98 Å². The fourth-order valence-electron chi connectivity index (χ4n) is 2.29. The van der Waals surface area contributed by atoms with Gasteiger partial charge in [-0.3, -0.25) is 4.79 Å². The molecule has 0 fully saturated rings. The number of nitrogens with one attached hydrogen (secondary N) is 1. The van der Waals surface area contributed by atoms with Gasteiger partial charge in [-0.05, 0) is 12.1 Å². The van der Waals surface area contributed by atoms with Gasteiger partial charge in [-0.25, -0.2) is 0 Å². The van der Waals surface area contributed by atoms with E-state index in [1.807, 2.05) is 36.4 Å². The van der Waals surface area contributed by atoms with Crippen LogP contribution in [0, 0.1) is 0 Å². The monoisotopic (exact) mass is 237 g/mol. The van der Waals surface area contributed by atoms with Crippen LogP contribution in [0.15, 0.2) is 42.5 Å². The fourth-order valence-corrected chi connectivity index (χ4v) is 2.29. The van der Waals surface area contributed by atoms with E-state index >= 15 is 0 Å². The lowest BCUT2D eigenvalue weighted by atomic mass is 10.0. The number of carbonyl (C=O) groups is 2. The van der Waals surface area contributed by atoms with E-state index in [9.17, 15) is 9.59 Å². The molecule has 0 radical (unpaired) electrons. The summed E-state index contributed by atoms with van der Waals surface area (Å²) in [4.78, 5) is 25.6. The molecule has 18 heavy (non-hydrogen) atoms. The van der Waals surface area contributed by atoms with Gasteiger partial charge in [0.15, 0.2) is 5.78 Å². The van der Waals surface area contributed by atoms with Gasteiger partial charge in [0.2, 0.25) is 0 Å². The molecule has 0 bridgehead atoms. The lowest BCUT2D eigenvalue weighted by molar-refractivity contribution is -0.107. The Morgan fingerprint density at radius 3 is 2.67 bits per heavy atom. The van der Waals surface area contributed by atoms with E-state index in [-0.39, 0.29) is 12.2 Å². The van der Waals surface area contributed by atoms with Gasteiger partial charge in [-0.1, -0.05) is 30.3 Å². The minimum absolute atomic E-state index is 0.0749. The van der Waals surface area contributed by atoms with E-state index in [0.29, 0.717) is 11.8 Å². The van der Waals surface area contributed by atoms with Crippen LogP contribution in [-0.2, 0) is 4.79 Å². The van der Waals surface area contributed by atoms with Crippen LogP contribution in [0.2, 0.25) is 0 Å². The first-order valence-corrected chi connectivity index (χ1v) is 5.77. The maximum absolute atomic E-state index is 11.9. The highest BCUT2D eigenvalue weighted by Crippen LogP contribution is 2.27. The number of Topliss-reactive ketones (excluding diaryl/α,β-unsaturated/α-hetero) is 1. The molecule has 0 saturated heterocycles. The number of aromatic nitrogens is 1. The highest BCUT2D eigenvalue weighted by molar-refractivity contribution is 6.17. The minimum Gasteiger partial charge on any atom is -0.354 e. The van der Waals surface area contributed by atoms with Gasteiger partial charge < -0.3 is 9.78 Å². The van der Waals surface area contributed by atoms with Crippen LogP contribution >= 0.6 is 0 Å². The molecule has 0 amide bonds. The molecule has 2 aromatic carbocycles. The fraction of sp³-hybridized carbons (Fsp3) is 0.0667. The van der Waals surface area contributed by atoms with Crippen molar-refractivity contribution in [2.24, 2.45) is 0 Å². The molecule has 0 unspecified atom stereocenters. The number of carbonyl (C=O) groups excluding carboxylic acids is 2. The summed E-state index contributed by atoms with van der Waals surface area (Å²) in [6.07, 6.45) is 0.568. The Labute approximate surface area is 103 Å². The normalized spacial score (nSPS) is 10.9. The zero-order valence-corrected chi connectivity index (χ0v) is 9.64. The molecule has 0 atom stereocenters. The van der Waals surface area contributed by atoms with Crippen molar-refractivity contribution in [2.45, 2.75) is 6.42 Å². The van der Waals surface area contributed by atoms with E-state index in [0.717, 1.165) is 21.8 Å². The van der Waals surface area contributed by atoms with Crippen molar-refractivity contribution < 1.29 is 9.59 Å². The molecule has 3 aromatic rings.